The molecule has 1 saturated heterocycles. The predicted molar refractivity (Wildman–Crippen MR) is 93.8 cm³/mol. The number of amides is 1. The fourth-order valence-corrected chi connectivity index (χ4v) is 5.20. The van der Waals surface area contributed by atoms with Crippen LogP contribution in [0.5, 0.6) is 0 Å². The molecule has 1 aliphatic carbocycles. The average Bonchev–Trinajstić information content (AvgIpc) is 3.08. The van der Waals surface area contributed by atoms with E-state index in [-0.39, 0.29) is 11.7 Å². The van der Waals surface area contributed by atoms with Crippen LogP contribution in [0, 0.1) is 5.92 Å². The minimum absolute atomic E-state index is 0.0316. The zero-order valence-electron chi connectivity index (χ0n) is 14.1. The van der Waals surface area contributed by atoms with Gasteiger partial charge in [-0.2, -0.15) is 4.31 Å². The van der Waals surface area contributed by atoms with Gasteiger partial charge in [0, 0.05) is 32.6 Å². The molecule has 2 aliphatic rings. The Morgan fingerprint density at radius 2 is 1.62 bits per heavy atom. The van der Waals surface area contributed by atoms with Crippen LogP contribution in [0.2, 0.25) is 0 Å². The Bertz CT molecular complexity index is 646. The lowest BCUT2D eigenvalue weighted by Gasteiger charge is -2.34. The van der Waals surface area contributed by atoms with E-state index in [1.165, 1.54) is 17.1 Å². The first-order valence-electron chi connectivity index (χ1n) is 8.84. The fourth-order valence-electron chi connectivity index (χ4n) is 3.68. The fraction of sp³-hybridized carbons (Fsp3) is 0.611. The summed E-state index contributed by atoms with van der Waals surface area (Å²) in [5.74, 6) is 0.767. The summed E-state index contributed by atoms with van der Waals surface area (Å²) in [4.78, 5) is 14.2. The van der Waals surface area contributed by atoms with Crippen molar-refractivity contribution in [2.24, 2.45) is 5.92 Å². The third-order valence-electron chi connectivity index (χ3n) is 5.11. The highest BCUT2D eigenvalue weighted by Crippen LogP contribution is 2.28. The van der Waals surface area contributed by atoms with Crippen molar-refractivity contribution in [1.29, 1.82) is 0 Å². The smallest absolute Gasteiger partial charge is 0.222 e. The first-order valence-corrected chi connectivity index (χ1v) is 10.4. The number of carbonyl (C=O) groups excluding carboxylic acids is 1. The number of hydrogen-bond acceptors (Lipinski definition) is 3. The van der Waals surface area contributed by atoms with Gasteiger partial charge in [-0.3, -0.25) is 4.79 Å². The minimum Gasteiger partial charge on any atom is -0.340 e. The van der Waals surface area contributed by atoms with Crippen molar-refractivity contribution in [2.75, 3.05) is 26.2 Å². The van der Waals surface area contributed by atoms with Gasteiger partial charge in [-0.25, -0.2) is 8.42 Å². The molecule has 0 spiro atoms. The van der Waals surface area contributed by atoms with Crippen LogP contribution in [0.4, 0.5) is 0 Å². The summed E-state index contributed by atoms with van der Waals surface area (Å²) in [5.41, 5.74) is 0.803. The molecule has 1 aromatic rings. The quantitative estimate of drug-likeness (QED) is 0.818. The molecule has 132 valence electrons. The van der Waals surface area contributed by atoms with Crippen molar-refractivity contribution in [3.05, 3.63) is 35.9 Å². The molecule has 3 rings (SSSR count). The summed E-state index contributed by atoms with van der Waals surface area (Å²) in [6, 6.07) is 9.25. The first-order chi connectivity index (χ1) is 11.5. The molecule has 24 heavy (non-hydrogen) atoms. The van der Waals surface area contributed by atoms with Gasteiger partial charge in [0.1, 0.15) is 0 Å². The van der Waals surface area contributed by atoms with Gasteiger partial charge >= 0.3 is 0 Å². The molecular weight excluding hydrogens is 324 g/mol. The van der Waals surface area contributed by atoms with E-state index in [9.17, 15) is 13.2 Å². The number of rotatable bonds is 5. The predicted octanol–water partition coefficient (Wildman–Crippen LogP) is 2.24. The lowest BCUT2D eigenvalue weighted by atomic mass is 10.0. The maximum atomic E-state index is 12.5. The molecule has 6 heteroatoms. The summed E-state index contributed by atoms with van der Waals surface area (Å²) in [6.07, 6.45) is 5.44. The monoisotopic (exact) mass is 350 g/mol. The van der Waals surface area contributed by atoms with Gasteiger partial charge in [0.15, 0.2) is 0 Å². The van der Waals surface area contributed by atoms with Crippen LogP contribution in [-0.4, -0.2) is 49.7 Å². The van der Waals surface area contributed by atoms with Crippen molar-refractivity contribution >= 4 is 15.9 Å². The number of carbonyl (C=O) groups is 1. The lowest BCUT2D eigenvalue weighted by Crippen LogP contribution is -2.51. The van der Waals surface area contributed by atoms with Crippen LogP contribution in [0.25, 0.3) is 0 Å². The van der Waals surface area contributed by atoms with Gasteiger partial charge in [-0.05, 0) is 24.3 Å². The van der Waals surface area contributed by atoms with E-state index in [0.29, 0.717) is 38.5 Å². The molecular formula is C18H26N2O3S. The minimum atomic E-state index is -3.31. The molecule has 1 saturated carbocycles. The van der Waals surface area contributed by atoms with Gasteiger partial charge in [0.25, 0.3) is 0 Å². The van der Waals surface area contributed by atoms with Gasteiger partial charge in [0.2, 0.25) is 15.9 Å². The molecule has 0 unspecified atom stereocenters. The summed E-state index contributed by atoms with van der Waals surface area (Å²) in [6.45, 7) is 1.84. The maximum Gasteiger partial charge on any atom is 0.222 e. The van der Waals surface area contributed by atoms with E-state index in [1.807, 2.05) is 35.2 Å². The van der Waals surface area contributed by atoms with Gasteiger partial charge in [0.05, 0.1) is 5.75 Å². The highest BCUT2D eigenvalue weighted by Gasteiger charge is 2.30. The third-order valence-corrected chi connectivity index (χ3v) is 6.96. The Kier molecular flexibility index (Phi) is 5.56. The Labute approximate surface area is 144 Å². The van der Waals surface area contributed by atoms with E-state index in [1.54, 1.807) is 0 Å². The zero-order valence-corrected chi connectivity index (χ0v) is 14.9. The van der Waals surface area contributed by atoms with Crippen LogP contribution in [0.15, 0.2) is 30.3 Å². The van der Waals surface area contributed by atoms with Crippen molar-refractivity contribution in [2.45, 2.75) is 37.9 Å². The van der Waals surface area contributed by atoms with Crippen molar-refractivity contribution < 1.29 is 13.2 Å². The molecule has 5 nitrogen and oxygen atoms in total. The second kappa shape index (κ2) is 7.66. The van der Waals surface area contributed by atoms with Gasteiger partial charge in [-0.15, -0.1) is 0 Å². The van der Waals surface area contributed by atoms with E-state index < -0.39 is 10.0 Å². The SMILES string of the molecule is O=C(CC1CCCC1)N1CCN(S(=O)(=O)Cc2ccccc2)CC1. The zero-order chi connectivity index (χ0) is 17.0. The summed E-state index contributed by atoms with van der Waals surface area (Å²) < 4.78 is 26.6. The van der Waals surface area contributed by atoms with Crippen molar-refractivity contribution in [3.8, 4) is 0 Å². The molecule has 0 radical (unpaired) electrons. The average molecular weight is 350 g/mol. The Balaban J connectivity index is 1.51. The Morgan fingerprint density at radius 1 is 1.00 bits per heavy atom. The van der Waals surface area contributed by atoms with E-state index >= 15 is 0 Å². The Morgan fingerprint density at radius 3 is 2.25 bits per heavy atom. The topological polar surface area (TPSA) is 57.7 Å². The number of piperazine rings is 1. The molecule has 1 amide bonds. The summed E-state index contributed by atoms with van der Waals surface area (Å²) in [7, 11) is -3.31. The number of hydrogen-bond donors (Lipinski definition) is 0. The van der Waals surface area contributed by atoms with Gasteiger partial charge in [-0.1, -0.05) is 43.2 Å². The molecule has 0 aromatic heterocycles. The normalized spacial score (nSPS) is 20.4. The van der Waals surface area contributed by atoms with E-state index in [2.05, 4.69) is 0 Å². The van der Waals surface area contributed by atoms with Crippen molar-refractivity contribution in [3.63, 3.8) is 0 Å². The van der Waals surface area contributed by atoms with Crippen LogP contribution in [0.1, 0.15) is 37.7 Å². The Hall–Kier alpha value is -1.40. The molecule has 0 N–H and O–H groups in total. The van der Waals surface area contributed by atoms with Crippen molar-refractivity contribution in [1.82, 2.24) is 9.21 Å². The largest absolute Gasteiger partial charge is 0.340 e. The van der Waals surface area contributed by atoms with Crippen LogP contribution in [-0.2, 0) is 20.6 Å². The molecule has 2 fully saturated rings. The maximum absolute atomic E-state index is 12.5. The molecule has 1 aromatic carbocycles. The molecule has 0 atom stereocenters. The van der Waals surface area contributed by atoms with E-state index in [0.717, 1.165) is 18.4 Å². The van der Waals surface area contributed by atoms with Crippen LogP contribution < -0.4 is 0 Å². The third kappa shape index (κ3) is 4.36. The molecule has 1 aliphatic heterocycles. The summed E-state index contributed by atoms with van der Waals surface area (Å²) >= 11 is 0. The highest BCUT2D eigenvalue weighted by atomic mass is 32.2. The van der Waals surface area contributed by atoms with Crippen LogP contribution in [0.3, 0.4) is 0 Å². The summed E-state index contributed by atoms with van der Waals surface area (Å²) in [5, 5.41) is 0. The first kappa shape index (κ1) is 17.4. The second-order valence-corrected chi connectivity index (χ2v) is 8.85. The lowest BCUT2D eigenvalue weighted by molar-refractivity contribution is -0.133. The second-order valence-electron chi connectivity index (χ2n) is 6.88. The van der Waals surface area contributed by atoms with Crippen LogP contribution >= 0.6 is 0 Å². The number of nitrogens with zero attached hydrogens (tertiary/aromatic N) is 2. The van der Waals surface area contributed by atoms with E-state index in [4.69, 9.17) is 0 Å². The number of benzene rings is 1. The molecule has 0 bridgehead atoms. The van der Waals surface area contributed by atoms with Gasteiger partial charge < -0.3 is 4.90 Å². The number of sulfonamides is 1. The standard InChI is InChI=1S/C18H26N2O3S/c21-18(14-16-6-4-5-7-16)19-10-12-20(13-11-19)24(22,23)15-17-8-2-1-3-9-17/h1-3,8-9,16H,4-7,10-15H2. The molecule has 1 heterocycles. The highest BCUT2D eigenvalue weighted by molar-refractivity contribution is 7.88.